The highest BCUT2D eigenvalue weighted by molar-refractivity contribution is 5.94. The molecule has 0 aliphatic carbocycles. The number of nitrogens with two attached hydrogens (primary N) is 1. The first-order valence-electron chi connectivity index (χ1n) is 4.90. The topological polar surface area (TPSA) is 72.2 Å². The Labute approximate surface area is 94.1 Å². The van der Waals surface area contributed by atoms with Crippen LogP contribution in [0.5, 0.6) is 0 Å². The van der Waals surface area contributed by atoms with E-state index in [1.54, 1.807) is 31.3 Å². The summed E-state index contributed by atoms with van der Waals surface area (Å²) in [5.41, 5.74) is 6.53. The molecular formula is C12H14N2O2. The lowest BCUT2D eigenvalue weighted by atomic mass is 10.1. The first-order valence-corrected chi connectivity index (χ1v) is 4.90. The molecular weight excluding hydrogens is 204 g/mol. The van der Waals surface area contributed by atoms with Crippen molar-refractivity contribution < 1.29 is 9.59 Å². The summed E-state index contributed by atoms with van der Waals surface area (Å²) in [6.07, 6.45) is 3.70. The molecule has 0 aliphatic heterocycles. The summed E-state index contributed by atoms with van der Waals surface area (Å²) >= 11 is 0. The van der Waals surface area contributed by atoms with Gasteiger partial charge in [0, 0.05) is 19.0 Å². The SMILES string of the molecule is CNC(=O)c1ccc(C=CCC(N)=O)cc1. The van der Waals surface area contributed by atoms with Crippen LogP contribution in [0.2, 0.25) is 0 Å². The lowest BCUT2D eigenvalue weighted by molar-refractivity contribution is -0.117. The van der Waals surface area contributed by atoms with Gasteiger partial charge >= 0.3 is 0 Å². The highest BCUT2D eigenvalue weighted by Gasteiger charge is 2.00. The maximum absolute atomic E-state index is 11.2. The minimum Gasteiger partial charge on any atom is -0.369 e. The third kappa shape index (κ3) is 3.57. The molecule has 0 saturated heterocycles. The van der Waals surface area contributed by atoms with Crippen molar-refractivity contribution in [3.8, 4) is 0 Å². The molecule has 0 heterocycles. The average Bonchev–Trinajstić information content (AvgIpc) is 2.28. The number of amides is 2. The van der Waals surface area contributed by atoms with Crippen LogP contribution < -0.4 is 11.1 Å². The Hall–Kier alpha value is -2.10. The second-order valence-electron chi connectivity index (χ2n) is 3.27. The van der Waals surface area contributed by atoms with Crippen LogP contribution in [-0.2, 0) is 4.79 Å². The van der Waals surface area contributed by atoms with Crippen molar-refractivity contribution in [1.82, 2.24) is 5.32 Å². The fraction of sp³-hybridized carbons (Fsp3) is 0.167. The van der Waals surface area contributed by atoms with Gasteiger partial charge in [-0.3, -0.25) is 9.59 Å². The molecule has 0 aliphatic rings. The van der Waals surface area contributed by atoms with Crippen LogP contribution in [0.25, 0.3) is 6.08 Å². The zero-order chi connectivity index (χ0) is 12.0. The summed E-state index contributed by atoms with van der Waals surface area (Å²) in [6.45, 7) is 0. The second-order valence-corrected chi connectivity index (χ2v) is 3.27. The molecule has 0 spiro atoms. The quantitative estimate of drug-likeness (QED) is 0.789. The summed E-state index contributed by atoms with van der Waals surface area (Å²) in [6, 6.07) is 7.07. The van der Waals surface area contributed by atoms with E-state index >= 15 is 0 Å². The van der Waals surface area contributed by atoms with Crippen molar-refractivity contribution >= 4 is 17.9 Å². The second kappa shape index (κ2) is 5.70. The number of carbonyl (C=O) groups is 2. The molecule has 0 atom stereocenters. The highest BCUT2D eigenvalue weighted by Crippen LogP contribution is 2.06. The lowest BCUT2D eigenvalue weighted by Gasteiger charge is -1.99. The molecule has 84 valence electrons. The van der Waals surface area contributed by atoms with Crippen LogP contribution in [0, 0.1) is 0 Å². The van der Waals surface area contributed by atoms with Crippen LogP contribution in [0.15, 0.2) is 30.3 Å². The van der Waals surface area contributed by atoms with Crippen LogP contribution in [-0.4, -0.2) is 18.9 Å². The normalized spacial score (nSPS) is 10.3. The molecule has 2 amide bonds. The molecule has 0 fully saturated rings. The summed E-state index contributed by atoms with van der Waals surface area (Å²) in [7, 11) is 1.59. The number of benzene rings is 1. The summed E-state index contributed by atoms with van der Waals surface area (Å²) in [5, 5.41) is 2.54. The zero-order valence-corrected chi connectivity index (χ0v) is 9.07. The van der Waals surface area contributed by atoms with Gasteiger partial charge in [-0.1, -0.05) is 24.3 Å². The van der Waals surface area contributed by atoms with Gasteiger partial charge in [0.25, 0.3) is 5.91 Å². The summed E-state index contributed by atoms with van der Waals surface area (Å²) < 4.78 is 0. The van der Waals surface area contributed by atoms with Gasteiger partial charge < -0.3 is 11.1 Å². The lowest BCUT2D eigenvalue weighted by Crippen LogP contribution is -2.17. The molecule has 16 heavy (non-hydrogen) atoms. The van der Waals surface area contributed by atoms with E-state index < -0.39 is 0 Å². The first-order chi connectivity index (χ1) is 7.63. The third-order valence-corrected chi connectivity index (χ3v) is 2.03. The van der Waals surface area contributed by atoms with Gasteiger partial charge in [0.15, 0.2) is 0 Å². The number of carbonyl (C=O) groups excluding carboxylic acids is 2. The molecule has 1 aromatic carbocycles. The van der Waals surface area contributed by atoms with Crippen molar-refractivity contribution in [2.24, 2.45) is 5.73 Å². The van der Waals surface area contributed by atoms with Crippen molar-refractivity contribution in [3.05, 3.63) is 41.5 Å². The molecule has 0 saturated carbocycles. The van der Waals surface area contributed by atoms with Gasteiger partial charge in [0.1, 0.15) is 0 Å². The smallest absolute Gasteiger partial charge is 0.251 e. The van der Waals surface area contributed by atoms with Crippen molar-refractivity contribution in [2.45, 2.75) is 6.42 Å². The third-order valence-electron chi connectivity index (χ3n) is 2.03. The van der Waals surface area contributed by atoms with E-state index in [1.807, 2.05) is 12.1 Å². The Kier molecular flexibility index (Phi) is 4.27. The molecule has 4 heteroatoms. The molecule has 0 radical (unpaired) electrons. The molecule has 0 bridgehead atoms. The number of nitrogens with one attached hydrogen (secondary N) is 1. The number of primary amides is 1. The largest absolute Gasteiger partial charge is 0.369 e. The molecule has 1 aromatic rings. The van der Waals surface area contributed by atoms with E-state index in [4.69, 9.17) is 5.73 Å². The van der Waals surface area contributed by atoms with E-state index in [0.29, 0.717) is 5.56 Å². The predicted octanol–water partition coefficient (Wildman–Crippen LogP) is 0.935. The van der Waals surface area contributed by atoms with Crippen molar-refractivity contribution in [2.75, 3.05) is 7.05 Å². The molecule has 1 rings (SSSR count). The summed E-state index contributed by atoms with van der Waals surface area (Å²) in [4.78, 5) is 21.7. The fourth-order valence-electron chi connectivity index (χ4n) is 1.20. The van der Waals surface area contributed by atoms with Gasteiger partial charge in [-0.15, -0.1) is 0 Å². The average molecular weight is 218 g/mol. The number of rotatable bonds is 4. The van der Waals surface area contributed by atoms with Gasteiger partial charge in [0.05, 0.1) is 0 Å². The van der Waals surface area contributed by atoms with Gasteiger partial charge in [-0.2, -0.15) is 0 Å². The predicted molar refractivity (Wildman–Crippen MR) is 62.7 cm³/mol. The molecule has 0 unspecified atom stereocenters. The Morgan fingerprint density at radius 1 is 1.31 bits per heavy atom. The minimum atomic E-state index is -0.363. The number of hydrogen-bond donors (Lipinski definition) is 2. The maximum Gasteiger partial charge on any atom is 0.251 e. The van der Waals surface area contributed by atoms with E-state index in [-0.39, 0.29) is 18.2 Å². The highest BCUT2D eigenvalue weighted by atomic mass is 16.1. The molecule has 0 aromatic heterocycles. The monoisotopic (exact) mass is 218 g/mol. The van der Waals surface area contributed by atoms with E-state index in [0.717, 1.165) is 5.56 Å². The fourth-order valence-corrected chi connectivity index (χ4v) is 1.20. The Bertz CT molecular complexity index is 408. The van der Waals surface area contributed by atoms with Gasteiger partial charge in [0.2, 0.25) is 5.91 Å². The Morgan fingerprint density at radius 2 is 1.94 bits per heavy atom. The number of hydrogen-bond acceptors (Lipinski definition) is 2. The van der Waals surface area contributed by atoms with Crippen molar-refractivity contribution in [1.29, 1.82) is 0 Å². The van der Waals surface area contributed by atoms with Crippen LogP contribution in [0.3, 0.4) is 0 Å². The van der Waals surface area contributed by atoms with Gasteiger partial charge in [-0.05, 0) is 17.7 Å². The van der Waals surface area contributed by atoms with Crippen LogP contribution in [0.1, 0.15) is 22.3 Å². The summed E-state index contributed by atoms with van der Waals surface area (Å²) in [5.74, 6) is -0.481. The molecule has 3 N–H and O–H groups in total. The van der Waals surface area contributed by atoms with Gasteiger partial charge in [-0.25, -0.2) is 0 Å². The van der Waals surface area contributed by atoms with E-state index in [9.17, 15) is 9.59 Å². The van der Waals surface area contributed by atoms with E-state index in [1.165, 1.54) is 0 Å². The molecule has 4 nitrogen and oxygen atoms in total. The van der Waals surface area contributed by atoms with Crippen molar-refractivity contribution in [3.63, 3.8) is 0 Å². The zero-order valence-electron chi connectivity index (χ0n) is 9.07. The van der Waals surface area contributed by atoms with E-state index in [2.05, 4.69) is 5.32 Å². The Balaban J connectivity index is 2.68. The van der Waals surface area contributed by atoms with Crippen LogP contribution in [0.4, 0.5) is 0 Å². The van der Waals surface area contributed by atoms with Crippen LogP contribution >= 0.6 is 0 Å². The minimum absolute atomic E-state index is 0.118. The Morgan fingerprint density at radius 3 is 2.44 bits per heavy atom. The maximum atomic E-state index is 11.2. The standard InChI is InChI=1S/C12H14N2O2/c1-14-12(16)10-7-5-9(6-8-10)3-2-4-11(13)15/h2-3,5-8H,4H2,1H3,(H2,13,15)(H,14,16). The first kappa shape index (κ1) is 12.0.